The van der Waals surface area contributed by atoms with Gasteiger partial charge in [0.1, 0.15) is 25.8 Å². The van der Waals surface area contributed by atoms with Crippen molar-refractivity contribution in [3.8, 4) is 11.5 Å². The number of fused-ring (bicyclic) bond motifs is 1. The highest BCUT2D eigenvalue weighted by Crippen LogP contribution is 2.34. The lowest BCUT2D eigenvalue weighted by Crippen LogP contribution is -2.54. The van der Waals surface area contributed by atoms with E-state index in [1.807, 2.05) is 44.2 Å². The first-order valence-corrected chi connectivity index (χ1v) is 15.5. The number of nitrogens with one attached hydrogen (secondary N) is 1. The van der Waals surface area contributed by atoms with Crippen molar-refractivity contribution in [2.75, 3.05) is 30.3 Å². The maximum Gasteiger partial charge on any atom is 0.244 e. The van der Waals surface area contributed by atoms with Crippen LogP contribution >= 0.6 is 11.6 Å². The minimum Gasteiger partial charge on any atom is -0.486 e. The van der Waals surface area contributed by atoms with Crippen LogP contribution in [0.2, 0.25) is 5.02 Å². The fraction of sp³-hybridized carbons (Fsp3) is 0.333. The SMILES string of the molecule is CC(C)NC(=O)[C@H](Cc1ccccc1)N(Cc1ccc(Cl)cc1)C(=O)CN(c1ccc2c(c1)OCCO2)S(C)(=O)=O. The number of carbonyl (C=O) groups excluding carboxylic acids is 2. The molecule has 2 amide bonds. The van der Waals surface area contributed by atoms with E-state index >= 15 is 0 Å². The van der Waals surface area contributed by atoms with Gasteiger partial charge in [-0.15, -0.1) is 0 Å². The van der Waals surface area contributed by atoms with Crippen LogP contribution in [-0.2, 0) is 32.6 Å². The normalized spacial score (nSPS) is 13.4. The molecule has 1 aliphatic heterocycles. The zero-order chi connectivity index (χ0) is 29.6. The Morgan fingerprint density at radius 1 is 0.927 bits per heavy atom. The number of anilines is 1. The standard InChI is InChI=1S/C30H34ClN3O6S/c1-21(2)32-30(36)26(17-22-7-5-4-6-8-22)33(19-23-9-11-24(31)12-10-23)29(35)20-34(41(3,37)38)25-13-14-27-28(18-25)40-16-15-39-27/h4-14,18,21,26H,15-17,19-20H2,1-3H3,(H,32,36)/t26-/m0/s1. The monoisotopic (exact) mass is 599 g/mol. The summed E-state index contributed by atoms with van der Waals surface area (Å²) in [5, 5.41) is 3.46. The molecule has 3 aromatic carbocycles. The average molecular weight is 600 g/mol. The van der Waals surface area contributed by atoms with Gasteiger partial charge in [-0.05, 0) is 49.2 Å². The van der Waals surface area contributed by atoms with Crippen molar-refractivity contribution in [2.45, 2.75) is 38.9 Å². The topological polar surface area (TPSA) is 105 Å². The molecule has 0 fully saturated rings. The van der Waals surface area contributed by atoms with Crippen LogP contribution in [-0.4, -0.2) is 63.2 Å². The molecular weight excluding hydrogens is 566 g/mol. The van der Waals surface area contributed by atoms with E-state index in [1.165, 1.54) is 4.90 Å². The summed E-state index contributed by atoms with van der Waals surface area (Å²) in [5.41, 5.74) is 1.85. The molecule has 1 atom stereocenters. The number of nitrogens with zero attached hydrogens (tertiary/aromatic N) is 2. The Kier molecular flexibility index (Phi) is 9.77. The van der Waals surface area contributed by atoms with Crippen molar-refractivity contribution >= 4 is 39.1 Å². The van der Waals surface area contributed by atoms with E-state index < -0.39 is 28.5 Å². The van der Waals surface area contributed by atoms with Gasteiger partial charge in [-0.1, -0.05) is 54.1 Å². The van der Waals surface area contributed by atoms with E-state index in [2.05, 4.69) is 5.32 Å². The number of hydrogen-bond donors (Lipinski definition) is 1. The van der Waals surface area contributed by atoms with Crippen molar-refractivity contribution in [3.63, 3.8) is 0 Å². The lowest BCUT2D eigenvalue weighted by Gasteiger charge is -2.34. The summed E-state index contributed by atoms with van der Waals surface area (Å²) >= 11 is 6.09. The van der Waals surface area contributed by atoms with E-state index in [0.29, 0.717) is 29.7 Å². The second kappa shape index (κ2) is 13.3. The Morgan fingerprint density at radius 2 is 1.59 bits per heavy atom. The molecule has 0 aliphatic carbocycles. The highest BCUT2D eigenvalue weighted by Gasteiger charge is 2.33. The number of hydrogen-bond acceptors (Lipinski definition) is 6. The predicted molar refractivity (Wildman–Crippen MR) is 159 cm³/mol. The summed E-state index contributed by atoms with van der Waals surface area (Å²) < 4.78 is 38.2. The number of rotatable bonds is 11. The Morgan fingerprint density at radius 3 is 2.22 bits per heavy atom. The second-order valence-corrected chi connectivity index (χ2v) is 12.5. The molecule has 9 nitrogen and oxygen atoms in total. The molecule has 0 unspecified atom stereocenters. The van der Waals surface area contributed by atoms with E-state index in [9.17, 15) is 18.0 Å². The first kappa shape index (κ1) is 30.2. The first-order chi connectivity index (χ1) is 19.5. The molecule has 4 rings (SSSR count). The van der Waals surface area contributed by atoms with Crippen LogP contribution < -0.4 is 19.1 Å². The molecule has 0 aromatic heterocycles. The third-order valence-corrected chi connectivity index (χ3v) is 7.85. The first-order valence-electron chi connectivity index (χ1n) is 13.3. The largest absolute Gasteiger partial charge is 0.486 e. The maximum atomic E-state index is 14.1. The molecule has 0 bridgehead atoms. The predicted octanol–water partition coefficient (Wildman–Crippen LogP) is 4.04. The Hall–Kier alpha value is -3.76. The maximum absolute atomic E-state index is 14.1. The minimum atomic E-state index is -3.90. The second-order valence-electron chi connectivity index (χ2n) is 10.1. The van der Waals surface area contributed by atoms with Crippen molar-refractivity contribution in [2.24, 2.45) is 0 Å². The van der Waals surface area contributed by atoms with Gasteiger partial charge >= 0.3 is 0 Å². The van der Waals surface area contributed by atoms with Crippen LogP contribution in [0.15, 0.2) is 72.8 Å². The number of carbonyl (C=O) groups is 2. The van der Waals surface area contributed by atoms with Crippen LogP contribution in [0.4, 0.5) is 5.69 Å². The molecule has 0 saturated carbocycles. The molecule has 0 radical (unpaired) electrons. The molecule has 218 valence electrons. The number of amides is 2. The van der Waals surface area contributed by atoms with Gasteiger partial charge < -0.3 is 19.7 Å². The molecule has 11 heteroatoms. The smallest absolute Gasteiger partial charge is 0.244 e. The molecule has 0 saturated heterocycles. The van der Waals surface area contributed by atoms with Crippen LogP contribution in [0.5, 0.6) is 11.5 Å². The van der Waals surface area contributed by atoms with Crippen LogP contribution in [0.1, 0.15) is 25.0 Å². The molecule has 1 N–H and O–H groups in total. The third kappa shape index (κ3) is 8.14. The van der Waals surface area contributed by atoms with Crippen LogP contribution in [0, 0.1) is 0 Å². The molecule has 3 aromatic rings. The van der Waals surface area contributed by atoms with Crippen LogP contribution in [0.3, 0.4) is 0 Å². The summed E-state index contributed by atoms with van der Waals surface area (Å²) in [4.78, 5) is 29.1. The fourth-order valence-electron chi connectivity index (χ4n) is 4.52. The van der Waals surface area contributed by atoms with Gasteiger partial charge in [0, 0.05) is 30.1 Å². The Balaban J connectivity index is 1.72. The van der Waals surface area contributed by atoms with Crippen molar-refractivity contribution in [1.82, 2.24) is 10.2 Å². The van der Waals surface area contributed by atoms with E-state index in [4.69, 9.17) is 21.1 Å². The number of ether oxygens (including phenoxy) is 2. The zero-order valence-corrected chi connectivity index (χ0v) is 24.8. The molecule has 0 spiro atoms. The van der Waals surface area contributed by atoms with E-state index in [0.717, 1.165) is 21.7 Å². The summed E-state index contributed by atoms with van der Waals surface area (Å²) in [6.45, 7) is 3.95. The summed E-state index contributed by atoms with van der Waals surface area (Å²) in [7, 11) is -3.90. The third-order valence-electron chi connectivity index (χ3n) is 6.46. The average Bonchev–Trinajstić information content (AvgIpc) is 2.93. The molecule has 1 aliphatic rings. The van der Waals surface area contributed by atoms with Gasteiger partial charge in [0.05, 0.1) is 11.9 Å². The number of sulfonamides is 1. The summed E-state index contributed by atoms with van der Waals surface area (Å²) in [5.74, 6) is 0.0139. The van der Waals surface area contributed by atoms with Crippen molar-refractivity contribution in [1.29, 1.82) is 0 Å². The lowest BCUT2D eigenvalue weighted by molar-refractivity contribution is -0.140. The molecule has 1 heterocycles. The van der Waals surface area contributed by atoms with Gasteiger partial charge in [-0.2, -0.15) is 0 Å². The van der Waals surface area contributed by atoms with Gasteiger partial charge in [-0.3, -0.25) is 13.9 Å². The lowest BCUT2D eigenvalue weighted by atomic mass is 10.0. The quantitative estimate of drug-likeness (QED) is 0.357. The summed E-state index contributed by atoms with van der Waals surface area (Å²) in [6.07, 6.45) is 1.27. The fourth-order valence-corrected chi connectivity index (χ4v) is 5.49. The minimum absolute atomic E-state index is 0.0672. The Bertz CT molecular complexity index is 1470. The van der Waals surface area contributed by atoms with Gasteiger partial charge in [-0.25, -0.2) is 8.42 Å². The molecular formula is C30H34ClN3O6S. The summed E-state index contributed by atoms with van der Waals surface area (Å²) in [6, 6.07) is 20.0. The van der Waals surface area contributed by atoms with E-state index in [1.54, 1.807) is 42.5 Å². The number of halogens is 1. The Labute approximate surface area is 246 Å². The van der Waals surface area contributed by atoms with Gasteiger partial charge in [0.25, 0.3) is 0 Å². The molecule has 41 heavy (non-hydrogen) atoms. The van der Waals surface area contributed by atoms with Gasteiger partial charge in [0.15, 0.2) is 11.5 Å². The van der Waals surface area contributed by atoms with Crippen molar-refractivity contribution < 1.29 is 27.5 Å². The van der Waals surface area contributed by atoms with Crippen LogP contribution in [0.25, 0.3) is 0 Å². The highest BCUT2D eigenvalue weighted by atomic mass is 35.5. The van der Waals surface area contributed by atoms with Gasteiger partial charge in [0.2, 0.25) is 21.8 Å². The number of benzene rings is 3. The van der Waals surface area contributed by atoms with E-state index in [-0.39, 0.29) is 30.6 Å². The highest BCUT2D eigenvalue weighted by molar-refractivity contribution is 7.92. The van der Waals surface area contributed by atoms with Crippen molar-refractivity contribution in [3.05, 3.63) is 88.9 Å². The zero-order valence-electron chi connectivity index (χ0n) is 23.2.